The standard InChI is InChI=1S/C26H23F3N4O4/c1-2-3-4-5-19(30)22-20(26(27,28)29)24(37-32-22)23-18-9-7-15-10-14(6-8-17(15)21(18)31-36-23)11-33-12-16(13-33)25(34)35/h2-6,8,10,16H,1,7,9,11-13,30H2,(H,34,35)/b4-3-,19-5-. The first-order chi connectivity index (χ1) is 17.7. The highest BCUT2D eigenvalue weighted by Crippen LogP contribution is 2.45. The third-order valence-electron chi connectivity index (χ3n) is 6.55. The van der Waals surface area contributed by atoms with Gasteiger partial charge in [0.25, 0.3) is 0 Å². The summed E-state index contributed by atoms with van der Waals surface area (Å²) in [7, 11) is 0. The molecule has 37 heavy (non-hydrogen) atoms. The Bertz CT molecular complexity index is 1430. The average molecular weight is 512 g/mol. The molecular formula is C26H23F3N4O4. The van der Waals surface area contributed by atoms with Gasteiger partial charge in [-0.05, 0) is 30.0 Å². The molecule has 0 unspecified atom stereocenters. The molecule has 1 aromatic carbocycles. The van der Waals surface area contributed by atoms with Crippen LogP contribution in [0.1, 0.15) is 27.9 Å². The molecule has 8 nitrogen and oxygen atoms in total. The van der Waals surface area contributed by atoms with Crippen LogP contribution in [-0.2, 0) is 30.4 Å². The predicted octanol–water partition coefficient (Wildman–Crippen LogP) is 4.67. The number of hydrogen-bond donors (Lipinski definition) is 2. The molecule has 0 amide bonds. The summed E-state index contributed by atoms with van der Waals surface area (Å²) in [4.78, 5) is 13.1. The number of carboxylic acids is 1. The number of nitrogens with zero attached hydrogens (tertiary/aromatic N) is 3. The second kappa shape index (κ2) is 9.40. The number of aromatic nitrogens is 2. The Hall–Kier alpha value is -4.12. The van der Waals surface area contributed by atoms with E-state index in [1.807, 2.05) is 18.2 Å². The van der Waals surface area contributed by atoms with E-state index in [1.165, 1.54) is 24.3 Å². The smallest absolute Gasteiger partial charge is 0.422 e. The Kier molecular flexibility index (Phi) is 6.24. The van der Waals surface area contributed by atoms with Gasteiger partial charge < -0.3 is 19.9 Å². The van der Waals surface area contributed by atoms with Gasteiger partial charge in [0, 0.05) is 30.8 Å². The second-order valence-electron chi connectivity index (χ2n) is 9.04. The lowest BCUT2D eigenvalue weighted by molar-refractivity contribution is -0.147. The fourth-order valence-corrected chi connectivity index (χ4v) is 4.71. The van der Waals surface area contributed by atoms with Crippen LogP contribution in [0.4, 0.5) is 13.2 Å². The minimum absolute atomic E-state index is 0.120. The number of carboxylic acid groups (broad SMARTS) is 1. The summed E-state index contributed by atoms with van der Waals surface area (Å²) in [5, 5.41) is 16.7. The van der Waals surface area contributed by atoms with Gasteiger partial charge >= 0.3 is 12.1 Å². The molecule has 3 aromatic rings. The van der Waals surface area contributed by atoms with Gasteiger partial charge in [0.15, 0.2) is 0 Å². The number of aliphatic carboxylic acids is 1. The van der Waals surface area contributed by atoms with Crippen LogP contribution in [-0.4, -0.2) is 39.4 Å². The van der Waals surface area contributed by atoms with E-state index in [4.69, 9.17) is 19.9 Å². The van der Waals surface area contributed by atoms with E-state index < -0.39 is 29.2 Å². The van der Waals surface area contributed by atoms with Gasteiger partial charge in [-0.1, -0.05) is 53.3 Å². The Morgan fingerprint density at radius 1 is 1.19 bits per heavy atom. The van der Waals surface area contributed by atoms with Crippen LogP contribution >= 0.6 is 0 Å². The third-order valence-corrected chi connectivity index (χ3v) is 6.55. The van der Waals surface area contributed by atoms with Gasteiger partial charge in [-0.3, -0.25) is 9.69 Å². The first-order valence-corrected chi connectivity index (χ1v) is 11.6. The second-order valence-corrected chi connectivity index (χ2v) is 9.04. The summed E-state index contributed by atoms with van der Waals surface area (Å²) in [6.45, 7) is 5.14. The number of aryl methyl sites for hydroxylation is 1. The van der Waals surface area contributed by atoms with Crippen LogP contribution in [0.15, 0.2) is 58.1 Å². The largest absolute Gasteiger partial charge is 0.481 e. The van der Waals surface area contributed by atoms with Crippen molar-refractivity contribution in [2.24, 2.45) is 11.7 Å². The number of fused-ring (bicyclic) bond motifs is 3. The number of allylic oxidation sites excluding steroid dienone is 4. The van der Waals surface area contributed by atoms with Gasteiger partial charge in [0.2, 0.25) is 11.5 Å². The average Bonchev–Trinajstić information content (AvgIpc) is 3.45. The number of carbonyl (C=O) groups is 1. The van der Waals surface area contributed by atoms with Gasteiger partial charge in [-0.2, -0.15) is 13.2 Å². The van der Waals surface area contributed by atoms with Crippen molar-refractivity contribution in [3.8, 4) is 22.8 Å². The zero-order valence-electron chi connectivity index (χ0n) is 19.6. The van der Waals surface area contributed by atoms with Gasteiger partial charge in [0.05, 0.1) is 11.6 Å². The van der Waals surface area contributed by atoms with E-state index in [2.05, 4.69) is 21.8 Å². The number of nitrogens with two attached hydrogens (primary N) is 1. The number of benzene rings is 1. The number of halogens is 3. The number of hydrogen-bond acceptors (Lipinski definition) is 7. The molecule has 1 aliphatic heterocycles. The molecular weight excluding hydrogens is 489 g/mol. The molecule has 0 saturated carbocycles. The van der Waals surface area contributed by atoms with E-state index in [0.29, 0.717) is 43.7 Å². The highest BCUT2D eigenvalue weighted by molar-refractivity contribution is 5.78. The summed E-state index contributed by atoms with van der Waals surface area (Å²) in [6, 6.07) is 5.80. The highest BCUT2D eigenvalue weighted by Gasteiger charge is 2.44. The number of likely N-dealkylation sites (tertiary alicyclic amines) is 1. The fourth-order valence-electron chi connectivity index (χ4n) is 4.71. The minimum Gasteiger partial charge on any atom is -0.481 e. The van der Waals surface area contributed by atoms with Crippen LogP contribution in [0.2, 0.25) is 0 Å². The van der Waals surface area contributed by atoms with Crippen LogP contribution in [0.5, 0.6) is 0 Å². The predicted molar refractivity (Wildman–Crippen MR) is 128 cm³/mol. The molecule has 11 heteroatoms. The van der Waals surface area contributed by atoms with Gasteiger partial charge in [-0.25, -0.2) is 0 Å². The van der Waals surface area contributed by atoms with E-state index in [0.717, 1.165) is 16.7 Å². The quantitative estimate of drug-likeness (QED) is 0.439. The van der Waals surface area contributed by atoms with Crippen molar-refractivity contribution in [2.45, 2.75) is 25.6 Å². The zero-order valence-corrected chi connectivity index (χ0v) is 19.6. The molecule has 0 bridgehead atoms. The van der Waals surface area contributed by atoms with E-state index in [9.17, 15) is 18.0 Å². The van der Waals surface area contributed by atoms with Crippen molar-refractivity contribution >= 4 is 11.7 Å². The summed E-state index contributed by atoms with van der Waals surface area (Å²) in [5.41, 5.74) is 7.76. The van der Waals surface area contributed by atoms with Gasteiger partial charge in [-0.15, -0.1) is 0 Å². The van der Waals surface area contributed by atoms with Gasteiger partial charge in [0.1, 0.15) is 17.0 Å². The van der Waals surface area contributed by atoms with Crippen molar-refractivity contribution in [3.05, 3.63) is 77.0 Å². The lowest BCUT2D eigenvalue weighted by atomic mass is 9.87. The molecule has 0 atom stereocenters. The SMILES string of the molecule is C=C/C=C\C=C(/N)c1noc(-c2onc3c2CCc2cc(CN4CC(C(=O)O)C4)ccc2-3)c1C(F)(F)F. The maximum Gasteiger partial charge on any atom is 0.422 e. The van der Waals surface area contributed by atoms with Crippen LogP contribution in [0, 0.1) is 5.92 Å². The molecule has 0 radical (unpaired) electrons. The normalized spacial score (nSPS) is 16.5. The van der Waals surface area contributed by atoms with Crippen molar-refractivity contribution in [2.75, 3.05) is 13.1 Å². The number of alkyl halides is 3. The maximum absolute atomic E-state index is 14.1. The molecule has 5 rings (SSSR count). The van der Waals surface area contributed by atoms with Crippen molar-refractivity contribution < 1.29 is 32.1 Å². The summed E-state index contributed by atoms with van der Waals surface area (Å²) in [6.07, 6.45) is 1.88. The van der Waals surface area contributed by atoms with E-state index in [-0.39, 0.29) is 17.4 Å². The Balaban J connectivity index is 1.45. The monoisotopic (exact) mass is 512 g/mol. The molecule has 1 aliphatic carbocycles. The molecule has 1 saturated heterocycles. The molecule has 3 N–H and O–H groups in total. The topological polar surface area (TPSA) is 119 Å². The molecule has 2 aromatic heterocycles. The molecule has 2 aliphatic rings. The van der Waals surface area contributed by atoms with Crippen LogP contribution in [0.3, 0.4) is 0 Å². The summed E-state index contributed by atoms with van der Waals surface area (Å²) < 4.78 is 52.8. The molecule has 3 heterocycles. The molecule has 0 spiro atoms. The first-order valence-electron chi connectivity index (χ1n) is 11.6. The lowest BCUT2D eigenvalue weighted by Gasteiger charge is -2.36. The molecule has 1 fully saturated rings. The van der Waals surface area contributed by atoms with E-state index >= 15 is 0 Å². The van der Waals surface area contributed by atoms with Crippen molar-refractivity contribution in [1.82, 2.24) is 15.2 Å². The van der Waals surface area contributed by atoms with Crippen molar-refractivity contribution in [3.63, 3.8) is 0 Å². The van der Waals surface area contributed by atoms with E-state index in [1.54, 1.807) is 0 Å². The third kappa shape index (κ3) is 4.57. The Labute approximate surface area is 209 Å². The first kappa shape index (κ1) is 24.6. The highest BCUT2D eigenvalue weighted by atomic mass is 19.4. The van der Waals surface area contributed by atoms with Crippen molar-refractivity contribution in [1.29, 1.82) is 0 Å². The lowest BCUT2D eigenvalue weighted by Crippen LogP contribution is -2.49. The maximum atomic E-state index is 14.1. The minimum atomic E-state index is -4.80. The molecule has 192 valence electrons. The zero-order chi connectivity index (χ0) is 26.3. The van der Waals surface area contributed by atoms with Crippen LogP contribution in [0.25, 0.3) is 28.5 Å². The Morgan fingerprint density at radius 2 is 1.95 bits per heavy atom. The summed E-state index contributed by atoms with van der Waals surface area (Å²) in [5.74, 6) is -1.80. The number of rotatable bonds is 7. The fraction of sp³-hybridized carbons (Fsp3) is 0.269. The Morgan fingerprint density at radius 3 is 2.65 bits per heavy atom. The van der Waals surface area contributed by atoms with Crippen LogP contribution < -0.4 is 5.73 Å². The summed E-state index contributed by atoms with van der Waals surface area (Å²) >= 11 is 0.